The molecular weight excluding hydrogens is 200 g/mol. The fourth-order valence-corrected chi connectivity index (χ4v) is 2.19. The number of primary amides is 1. The Hall–Kier alpha value is -1.35. The van der Waals surface area contributed by atoms with Crippen LogP contribution in [0.5, 0.6) is 0 Å². The summed E-state index contributed by atoms with van der Waals surface area (Å²) in [4.78, 5) is 11.2. The molecule has 1 amide bonds. The van der Waals surface area contributed by atoms with Crippen LogP contribution < -0.4 is 11.1 Å². The molecule has 1 heterocycles. The molecule has 16 heavy (non-hydrogen) atoms. The van der Waals surface area contributed by atoms with Gasteiger partial charge in [-0.3, -0.25) is 4.79 Å². The molecular formula is C13H17N2O. The minimum atomic E-state index is -0.244. The highest BCUT2D eigenvalue weighted by atomic mass is 16.1. The van der Waals surface area contributed by atoms with Gasteiger partial charge < -0.3 is 11.1 Å². The number of amides is 1. The van der Waals surface area contributed by atoms with E-state index in [2.05, 4.69) is 23.9 Å². The predicted molar refractivity (Wildman–Crippen MR) is 63.5 cm³/mol. The van der Waals surface area contributed by atoms with Crippen molar-refractivity contribution in [3.63, 3.8) is 0 Å². The fraction of sp³-hybridized carbons (Fsp3) is 0.385. The SMILES string of the molecule is NC(=O)C1NCC[C@@H]1[CH]Cc1ccccc1. The van der Waals surface area contributed by atoms with E-state index in [0.29, 0.717) is 0 Å². The molecule has 1 saturated heterocycles. The van der Waals surface area contributed by atoms with Gasteiger partial charge in [-0.1, -0.05) is 30.3 Å². The lowest BCUT2D eigenvalue weighted by molar-refractivity contribution is -0.120. The second-order valence-electron chi connectivity index (χ2n) is 4.21. The van der Waals surface area contributed by atoms with Gasteiger partial charge in [0.1, 0.15) is 0 Å². The normalized spacial score (nSPS) is 24.5. The van der Waals surface area contributed by atoms with Crippen LogP contribution in [-0.2, 0) is 11.2 Å². The Kier molecular flexibility index (Phi) is 3.57. The van der Waals surface area contributed by atoms with Crippen LogP contribution in [0.1, 0.15) is 12.0 Å². The first kappa shape index (κ1) is 11.1. The second kappa shape index (κ2) is 5.12. The number of nitrogens with two attached hydrogens (primary N) is 1. The summed E-state index contributed by atoms with van der Waals surface area (Å²) in [6.07, 6.45) is 4.10. The molecule has 1 aromatic rings. The van der Waals surface area contributed by atoms with E-state index in [1.807, 2.05) is 18.2 Å². The highest BCUT2D eigenvalue weighted by Crippen LogP contribution is 2.20. The molecule has 0 aromatic heterocycles. The molecule has 3 N–H and O–H groups in total. The van der Waals surface area contributed by atoms with Gasteiger partial charge in [-0.25, -0.2) is 0 Å². The number of nitrogens with one attached hydrogen (secondary N) is 1. The number of hydrogen-bond donors (Lipinski definition) is 2. The monoisotopic (exact) mass is 217 g/mol. The van der Waals surface area contributed by atoms with E-state index in [9.17, 15) is 4.79 Å². The number of hydrogen-bond acceptors (Lipinski definition) is 2. The van der Waals surface area contributed by atoms with Crippen molar-refractivity contribution in [3.05, 3.63) is 42.3 Å². The van der Waals surface area contributed by atoms with Crippen molar-refractivity contribution >= 4 is 5.91 Å². The minimum absolute atomic E-state index is 0.177. The maximum absolute atomic E-state index is 11.2. The molecule has 1 radical (unpaired) electrons. The molecule has 0 bridgehead atoms. The summed E-state index contributed by atoms with van der Waals surface area (Å²) < 4.78 is 0. The molecule has 1 aliphatic rings. The highest BCUT2D eigenvalue weighted by Gasteiger charge is 2.30. The van der Waals surface area contributed by atoms with Gasteiger partial charge in [0.2, 0.25) is 5.91 Å². The van der Waals surface area contributed by atoms with E-state index in [1.54, 1.807) is 0 Å². The van der Waals surface area contributed by atoms with E-state index in [1.165, 1.54) is 5.56 Å². The Labute approximate surface area is 96.0 Å². The van der Waals surface area contributed by atoms with Gasteiger partial charge in [-0.15, -0.1) is 0 Å². The molecule has 85 valence electrons. The first-order valence-corrected chi connectivity index (χ1v) is 5.67. The summed E-state index contributed by atoms with van der Waals surface area (Å²) in [5.74, 6) is 0.0320. The number of carbonyl (C=O) groups is 1. The van der Waals surface area contributed by atoms with E-state index in [-0.39, 0.29) is 17.9 Å². The first-order chi connectivity index (χ1) is 7.77. The molecule has 0 saturated carbocycles. The van der Waals surface area contributed by atoms with E-state index < -0.39 is 0 Å². The Morgan fingerprint density at radius 3 is 2.88 bits per heavy atom. The van der Waals surface area contributed by atoms with Crippen LogP contribution in [-0.4, -0.2) is 18.5 Å². The van der Waals surface area contributed by atoms with Crippen molar-refractivity contribution in [1.82, 2.24) is 5.32 Å². The molecule has 0 spiro atoms. The Balaban J connectivity index is 1.88. The zero-order valence-electron chi connectivity index (χ0n) is 9.23. The Morgan fingerprint density at radius 2 is 2.19 bits per heavy atom. The molecule has 1 unspecified atom stereocenters. The van der Waals surface area contributed by atoms with E-state index in [4.69, 9.17) is 5.73 Å². The smallest absolute Gasteiger partial charge is 0.234 e. The second-order valence-corrected chi connectivity index (χ2v) is 4.21. The molecule has 2 rings (SSSR count). The van der Waals surface area contributed by atoms with Crippen LogP contribution in [0.25, 0.3) is 0 Å². The van der Waals surface area contributed by atoms with Crippen molar-refractivity contribution in [2.24, 2.45) is 11.7 Å². The predicted octanol–water partition coefficient (Wildman–Crippen LogP) is 0.897. The third-order valence-corrected chi connectivity index (χ3v) is 3.08. The van der Waals surface area contributed by atoms with Gasteiger partial charge in [-0.05, 0) is 37.3 Å². The van der Waals surface area contributed by atoms with Gasteiger partial charge in [0, 0.05) is 0 Å². The van der Waals surface area contributed by atoms with E-state index in [0.717, 1.165) is 19.4 Å². The average molecular weight is 217 g/mol. The van der Waals surface area contributed by atoms with Crippen LogP contribution in [0.2, 0.25) is 0 Å². The van der Waals surface area contributed by atoms with Crippen LogP contribution in [0.4, 0.5) is 0 Å². The summed E-state index contributed by atoms with van der Waals surface area (Å²) in [5.41, 5.74) is 6.61. The van der Waals surface area contributed by atoms with Gasteiger partial charge in [0.25, 0.3) is 0 Å². The molecule has 3 heteroatoms. The van der Waals surface area contributed by atoms with Crippen molar-refractivity contribution in [2.45, 2.75) is 18.9 Å². The average Bonchev–Trinajstić information content (AvgIpc) is 2.76. The third-order valence-electron chi connectivity index (χ3n) is 3.08. The standard InChI is InChI=1S/C13H17N2O/c14-13(16)12-11(8-9-15-12)7-6-10-4-2-1-3-5-10/h1-5,7,11-12,15H,6,8-9H2,(H2,14,16)/t11-,12?/m0/s1. The van der Waals surface area contributed by atoms with Crippen molar-refractivity contribution < 1.29 is 4.79 Å². The summed E-state index contributed by atoms with van der Waals surface area (Å²) >= 11 is 0. The van der Waals surface area contributed by atoms with Crippen molar-refractivity contribution in [3.8, 4) is 0 Å². The van der Waals surface area contributed by atoms with Gasteiger partial charge >= 0.3 is 0 Å². The maximum Gasteiger partial charge on any atom is 0.234 e. The lowest BCUT2D eigenvalue weighted by Gasteiger charge is -2.15. The van der Waals surface area contributed by atoms with E-state index >= 15 is 0 Å². The molecule has 1 aromatic carbocycles. The first-order valence-electron chi connectivity index (χ1n) is 5.67. The number of carbonyl (C=O) groups excluding carboxylic acids is 1. The minimum Gasteiger partial charge on any atom is -0.368 e. The third kappa shape index (κ3) is 2.61. The molecule has 1 fully saturated rings. The van der Waals surface area contributed by atoms with Crippen molar-refractivity contribution in [1.29, 1.82) is 0 Å². The van der Waals surface area contributed by atoms with Crippen LogP contribution in [0.3, 0.4) is 0 Å². The van der Waals surface area contributed by atoms with Crippen LogP contribution >= 0.6 is 0 Å². The molecule has 2 atom stereocenters. The quantitative estimate of drug-likeness (QED) is 0.787. The van der Waals surface area contributed by atoms with Gasteiger partial charge in [0.05, 0.1) is 6.04 Å². The Morgan fingerprint density at radius 1 is 1.44 bits per heavy atom. The maximum atomic E-state index is 11.2. The molecule has 1 aliphatic heterocycles. The zero-order valence-corrected chi connectivity index (χ0v) is 9.23. The molecule has 3 nitrogen and oxygen atoms in total. The van der Waals surface area contributed by atoms with Gasteiger partial charge in [0.15, 0.2) is 0 Å². The lowest BCUT2D eigenvalue weighted by atomic mass is 9.93. The topological polar surface area (TPSA) is 55.1 Å². The zero-order chi connectivity index (χ0) is 11.4. The Bertz CT molecular complexity index is 350. The van der Waals surface area contributed by atoms with Gasteiger partial charge in [-0.2, -0.15) is 0 Å². The number of benzene rings is 1. The van der Waals surface area contributed by atoms with Crippen LogP contribution in [0.15, 0.2) is 30.3 Å². The summed E-state index contributed by atoms with van der Waals surface area (Å²) in [6.45, 7) is 0.879. The largest absolute Gasteiger partial charge is 0.368 e. The summed E-state index contributed by atoms with van der Waals surface area (Å²) in [5, 5.41) is 3.14. The fourth-order valence-electron chi connectivity index (χ4n) is 2.19. The summed E-state index contributed by atoms with van der Waals surface area (Å²) in [6, 6.07) is 10.1. The van der Waals surface area contributed by atoms with Crippen LogP contribution in [0, 0.1) is 12.3 Å². The molecule has 0 aliphatic carbocycles. The summed E-state index contributed by atoms with van der Waals surface area (Å²) in [7, 11) is 0. The number of rotatable bonds is 4. The highest BCUT2D eigenvalue weighted by molar-refractivity contribution is 5.80. The van der Waals surface area contributed by atoms with Crippen molar-refractivity contribution in [2.75, 3.05) is 6.54 Å². The lowest BCUT2D eigenvalue weighted by Crippen LogP contribution is -2.40.